The molecule has 2 aromatic rings. The second kappa shape index (κ2) is 11.4. The summed E-state index contributed by atoms with van der Waals surface area (Å²) in [5.41, 5.74) is 0.331. The zero-order valence-corrected chi connectivity index (χ0v) is 19.7. The highest BCUT2D eigenvalue weighted by Crippen LogP contribution is 2.35. The first-order valence-electron chi connectivity index (χ1n) is 10.5. The van der Waals surface area contributed by atoms with Crippen LogP contribution in [-0.4, -0.2) is 70.7 Å². The predicted molar refractivity (Wildman–Crippen MR) is 115 cm³/mol. The topological polar surface area (TPSA) is 145 Å². The maximum atomic E-state index is 13.5. The lowest BCUT2D eigenvalue weighted by molar-refractivity contribution is -0.166. The molecule has 0 aliphatic carbocycles. The van der Waals surface area contributed by atoms with Crippen molar-refractivity contribution < 1.29 is 47.3 Å². The zero-order chi connectivity index (χ0) is 26.4. The molecule has 1 aliphatic rings. The average Bonchev–Trinajstić information content (AvgIpc) is 3.37. The number of hydrogen-bond donors (Lipinski definition) is 0. The second-order valence-corrected chi connectivity index (χ2v) is 7.47. The van der Waals surface area contributed by atoms with Crippen molar-refractivity contribution in [2.75, 3.05) is 13.7 Å². The molecule has 12 nitrogen and oxygen atoms in total. The Balaban J connectivity index is 2.05. The van der Waals surface area contributed by atoms with Crippen molar-refractivity contribution in [2.24, 2.45) is 0 Å². The summed E-state index contributed by atoms with van der Waals surface area (Å²) in [4.78, 5) is 51.4. The molecule has 1 aromatic carbocycles. The summed E-state index contributed by atoms with van der Waals surface area (Å²) < 4.78 is 40.7. The second-order valence-electron chi connectivity index (χ2n) is 7.47. The molecule has 0 unspecified atom stereocenters. The number of ether oxygens (including phenoxy) is 5. The zero-order valence-electron chi connectivity index (χ0n) is 19.7. The summed E-state index contributed by atoms with van der Waals surface area (Å²) in [6.07, 6.45) is -4.94. The van der Waals surface area contributed by atoms with Gasteiger partial charge in [0, 0.05) is 26.3 Å². The lowest BCUT2D eigenvalue weighted by Gasteiger charge is -2.23. The molecular formula is C23H22FN3O9. The number of methoxy groups -OCH3 is 1. The third-order valence-corrected chi connectivity index (χ3v) is 4.72. The molecule has 2 heterocycles. The van der Waals surface area contributed by atoms with Gasteiger partial charge >= 0.3 is 23.9 Å². The molecule has 1 aromatic heterocycles. The Labute approximate surface area is 204 Å². The van der Waals surface area contributed by atoms with Gasteiger partial charge in [0.2, 0.25) is 11.6 Å². The molecular weight excluding hydrogens is 481 g/mol. The highest BCUT2D eigenvalue weighted by molar-refractivity contribution is 5.85. The molecule has 1 fully saturated rings. The van der Waals surface area contributed by atoms with E-state index in [1.54, 1.807) is 6.07 Å². The fraction of sp³-hybridized carbons (Fsp3) is 0.391. The van der Waals surface area contributed by atoms with Crippen LogP contribution < -0.4 is 0 Å². The van der Waals surface area contributed by atoms with Crippen molar-refractivity contribution >= 4 is 23.9 Å². The van der Waals surface area contributed by atoms with E-state index in [1.165, 1.54) is 25.1 Å². The molecule has 36 heavy (non-hydrogen) atoms. The number of halogens is 1. The molecule has 1 saturated heterocycles. The van der Waals surface area contributed by atoms with E-state index in [-0.39, 0.29) is 18.3 Å². The third kappa shape index (κ3) is 6.42. The summed E-state index contributed by atoms with van der Waals surface area (Å²) in [5.74, 6) is 1.27. The Bertz CT molecular complexity index is 1230. The van der Waals surface area contributed by atoms with Crippen LogP contribution in [0, 0.1) is 17.7 Å². The normalized spacial score (nSPS) is 20.6. The maximum Gasteiger partial charge on any atom is 0.375 e. The molecule has 0 radical (unpaired) electrons. The van der Waals surface area contributed by atoms with E-state index < -0.39 is 54.2 Å². The molecule has 0 N–H and O–H groups in total. The van der Waals surface area contributed by atoms with Gasteiger partial charge in [0.25, 0.3) is 0 Å². The first kappa shape index (κ1) is 26.3. The summed E-state index contributed by atoms with van der Waals surface area (Å²) in [7, 11) is 1.11. The van der Waals surface area contributed by atoms with Crippen LogP contribution >= 0.6 is 0 Å². The summed E-state index contributed by atoms with van der Waals surface area (Å²) in [6.45, 7) is 3.08. The van der Waals surface area contributed by atoms with Gasteiger partial charge in [0.15, 0.2) is 18.4 Å². The van der Waals surface area contributed by atoms with Crippen molar-refractivity contribution in [3.05, 3.63) is 47.3 Å². The van der Waals surface area contributed by atoms with Gasteiger partial charge in [0.1, 0.15) is 18.5 Å². The van der Waals surface area contributed by atoms with Gasteiger partial charge in [-0.15, -0.1) is 5.10 Å². The van der Waals surface area contributed by atoms with Gasteiger partial charge in [-0.1, -0.05) is 12.0 Å². The van der Waals surface area contributed by atoms with Crippen LogP contribution in [0.4, 0.5) is 4.39 Å². The van der Waals surface area contributed by atoms with Crippen molar-refractivity contribution in [3.63, 3.8) is 0 Å². The molecule has 0 amide bonds. The summed E-state index contributed by atoms with van der Waals surface area (Å²) >= 11 is 0. The van der Waals surface area contributed by atoms with Crippen LogP contribution in [-0.2, 0) is 38.1 Å². The quantitative estimate of drug-likeness (QED) is 0.315. The van der Waals surface area contributed by atoms with E-state index in [4.69, 9.17) is 23.7 Å². The van der Waals surface area contributed by atoms with E-state index in [9.17, 15) is 23.6 Å². The molecule has 3 rings (SSSR count). The Hall–Kier alpha value is -4.31. The standard InChI is InChI=1S/C23H22FN3O9/c1-12(28)33-11-17-19(34-13(2)29)20(35-14(3)30)22(36-17)27-21(23(31)32-4)25-18(26-27)9-8-15-6-5-7-16(24)10-15/h5-7,10,17,19-20,22H,11H2,1-4H3/t17-,19-,20-,22-/m1/s1. The van der Waals surface area contributed by atoms with E-state index >= 15 is 0 Å². The molecule has 13 heteroatoms. The number of aromatic nitrogens is 3. The fourth-order valence-electron chi connectivity index (χ4n) is 3.37. The number of hydrogen-bond acceptors (Lipinski definition) is 11. The highest BCUT2D eigenvalue weighted by atomic mass is 19.1. The first-order chi connectivity index (χ1) is 17.1. The minimum absolute atomic E-state index is 0.155. The Kier molecular flexibility index (Phi) is 8.34. The van der Waals surface area contributed by atoms with E-state index in [0.717, 1.165) is 25.6 Å². The highest BCUT2D eigenvalue weighted by Gasteiger charge is 2.52. The monoisotopic (exact) mass is 503 g/mol. The molecule has 1 aliphatic heterocycles. The number of carbonyl (C=O) groups is 4. The van der Waals surface area contributed by atoms with Gasteiger partial charge in [-0.05, 0) is 24.1 Å². The number of carbonyl (C=O) groups excluding carboxylic acids is 4. The Morgan fingerprint density at radius 3 is 2.36 bits per heavy atom. The van der Waals surface area contributed by atoms with Crippen molar-refractivity contribution in [2.45, 2.75) is 45.3 Å². The minimum atomic E-state index is -1.34. The van der Waals surface area contributed by atoms with Gasteiger partial charge in [-0.3, -0.25) is 14.4 Å². The lowest BCUT2D eigenvalue weighted by Crippen LogP contribution is -2.41. The number of esters is 4. The van der Waals surface area contributed by atoms with E-state index in [2.05, 4.69) is 21.9 Å². The SMILES string of the molecule is COC(=O)c1nc(C#Cc2cccc(F)c2)nn1[C@@H]1O[C@H](COC(C)=O)[C@@H](OC(C)=O)[C@H]1OC(C)=O. The van der Waals surface area contributed by atoms with Crippen molar-refractivity contribution in [1.29, 1.82) is 0 Å². The number of benzene rings is 1. The van der Waals surface area contributed by atoms with Gasteiger partial charge in [-0.2, -0.15) is 4.98 Å². The Morgan fingerprint density at radius 1 is 1.06 bits per heavy atom. The Morgan fingerprint density at radius 2 is 1.75 bits per heavy atom. The van der Waals surface area contributed by atoms with Crippen molar-refractivity contribution in [1.82, 2.24) is 14.8 Å². The summed E-state index contributed by atoms with van der Waals surface area (Å²) in [6, 6.07) is 5.49. The first-order valence-corrected chi connectivity index (χ1v) is 10.5. The van der Waals surface area contributed by atoms with Crippen LogP contribution in [0.1, 0.15) is 49.0 Å². The minimum Gasteiger partial charge on any atom is -0.463 e. The van der Waals surface area contributed by atoms with Crippen LogP contribution in [0.5, 0.6) is 0 Å². The molecule has 190 valence electrons. The van der Waals surface area contributed by atoms with Gasteiger partial charge in [-0.25, -0.2) is 13.9 Å². The lowest BCUT2D eigenvalue weighted by atomic mass is 10.1. The van der Waals surface area contributed by atoms with Crippen LogP contribution in [0.3, 0.4) is 0 Å². The molecule has 0 spiro atoms. The smallest absolute Gasteiger partial charge is 0.375 e. The van der Waals surface area contributed by atoms with Gasteiger partial charge in [0.05, 0.1) is 7.11 Å². The summed E-state index contributed by atoms with van der Waals surface area (Å²) in [5, 5.41) is 4.17. The van der Waals surface area contributed by atoms with Crippen LogP contribution in [0.2, 0.25) is 0 Å². The third-order valence-electron chi connectivity index (χ3n) is 4.72. The predicted octanol–water partition coefficient (Wildman–Crippen LogP) is 0.927. The molecule has 0 saturated carbocycles. The average molecular weight is 503 g/mol. The maximum absolute atomic E-state index is 13.5. The molecule has 0 bridgehead atoms. The van der Waals surface area contributed by atoms with E-state index in [1.807, 2.05) is 0 Å². The van der Waals surface area contributed by atoms with Gasteiger partial charge < -0.3 is 23.7 Å². The van der Waals surface area contributed by atoms with Crippen molar-refractivity contribution in [3.8, 4) is 11.8 Å². The van der Waals surface area contributed by atoms with E-state index in [0.29, 0.717) is 5.56 Å². The van der Waals surface area contributed by atoms with Crippen LogP contribution in [0.15, 0.2) is 24.3 Å². The number of nitrogens with zero attached hydrogens (tertiary/aromatic N) is 3. The number of rotatable bonds is 6. The largest absolute Gasteiger partial charge is 0.463 e. The molecule has 4 atom stereocenters. The fourth-order valence-corrected chi connectivity index (χ4v) is 3.37. The van der Waals surface area contributed by atoms with Crippen LogP contribution in [0.25, 0.3) is 0 Å².